The van der Waals surface area contributed by atoms with Gasteiger partial charge in [0.15, 0.2) is 5.82 Å². The van der Waals surface area contributed by atoms with Crippen LogP contribution in [0, 0.1) is 5.92 Å². The summed E-state index contributed by atoms with van der Waals surface area (Å²) in [5, 5.41) is 8.27. The molecule has 2 heterocycles. The van der Waals surface area contributed by atoms with Crippen molar-refractivity contribution in [1.29, 1.82) is 0 Å². The number of hydrogen-bond acceptors (Lipinski definition) is 4. The largest absolute Gasteiger partial charge is 0.365 e. The van der Waals surface area contributed by atoms with E-state index in [4.69, 9.17) is 5.73 Å². The minimum atomic E-state index is 0.0381. The number of nitrogens with two attached hydrogens (primary N) is 1. The van der Waals surface area contributed by atoms with Gasteiger partial charge in [-0.25, -0.2) is 9.50 Å². The highest BCUT2D eigenvalue weighted by Gasteiger charge is 2.27. The lowest BCUT2D eigenvalue weighted by molar-refractivity contribution is 0.515. The van der Waals surface area contributed by atoms with Crippen LogP contribution in [-0.4, -0.2) is 27.2 Å². The molecule has 0 amide bonds. The summed E-state index contributed by atoms with van der Waals surface area (Å²) in [6, 6.07) is 2.57. The average molecular weight is 287 g/mol. The van der Waals surface area contributed by atoms with Crippen LogP contribution < -0.4 is 11.1 Å². The first-order chi connectivity index (χ1) is 9.99. The molecule has 3 rings (SSSR count). The van der Waals surface area contributed by atoms with Gasteiger partial charge in [-0.2, -0.15) is 5.10 Å². The maximum atomic E-state index is 5.87. The summed E-state index contributed by atoms with van der Waals surface area (Å²) in [5.41, 5.74) is 8.04. The van der Waals surface area contributed by atoms with Gasteiger partial charge in [-0.05, 0) is 31.4 Å². The number of hydrogen-bond donors (Lipinski definition) is 2. The molecule has 5 heteroatoms. The second kappa shape index (κ2) is 5.30. The Morgan fingerprint density at radius 3 is 2.90 bits per heavy atom. The molecule has 0 radical (unpaired) electrons. The van der Waals surface area contributed by atoms with E-state index in [1.165, 1.54) is 19.3 Å². The molecule has 0 aromatic carbocycles. The highest BCUT2D eigenvalue weighted by atomic mass is 15.2. The summed E-state index contributed by atoms with van der Waals surface area (Å²) in [6.45, 7) is 7.28. The van der Waals surface area contributed by atoms with Gasteiger partial charge in [-0.1, -0.05) is 27.2 Å². The summed E-state index contributed by atoms with van der Waals surface area (Å²) in [5.74, 6) is 1.47. The Labute approximate surface area is 125 Å². The molecule has 0 bridgehead atoms. The molecule has 1 saturated carbocycles. The molecular formula is C16H25N5. The van der Waals surface area contributed by atoms with Crippen molar-refractivity contribution >= 4 is 11.3 Å². The second-order valence-electron chi connectivity index (χ2n) is 7.06. The first-order valence-corrected chi connectivity index (χ1v) is 7.80. The Kier molecular flexibility index (Phi) is 3.61. The quantitative estimate of drug-likeness (QED) is 0.910. The number of nitrogens with zero attached hydrogens (tertiary/aromatic N) is 3. The Bertz CT molecular complexity index is 625. The summed E-state index contributed by atoms with van der Waals surface area (Å²) in [6.07, 6.45) is 7.34. The van der Waals surface area contributed by atoms with E-state index in [2.05, 4.69) is 42.2 Å². The SMILES string of the molecule is CC(C)(C)c1cc2c(NC3CCCC3CN)nccn2n1. The fraction of sp³-hybridized carbons (Fsp3) is 0.625. The topological polar surface area (TPSA) is 68.2 Å². The van der Waals surface area contributed by atoms with Crippen LogP contribution in [0.25, 0.3) is 5.52 Å². The monoisotopic (exact) mass is 287 g/mol. The lowest BCUT2D eigenvalue weighted by atomic mass is 9.92. The zero-order valence-electron chi connectivity index (χ0n) is 13.1. The molecule has 0 spiro atoms. The number of aromatic nitrogens is 3. The normalized spacial score (nSPS) is 22.9. The third-order valence-electron chi connectivity index (χ3n) is 4.44. The first-order valence-electron chi connectivity index (χ1n) is 7.80. The summed E-state index contributed by atoms with van der Waals surface area (Å²) < 4.78 is 1.92. The van der Waals surface area contributed by atoms with Gasteiger partial charge in [0.05, 0.1) is 5.69 Å². The lowest BCUT2D eigenvalue weighted by Gasteiger charge is -2.20. The molecule has 114 valence electrons. The van der Waals surface area contributed by atoms with Crippen LogP contribution in [0.4, 0.5) is 5.82 Å². The van der Waals surface area contributed by atoms with E-state index in [-0.39, 0.29) is 5.41 Å². The lowest BCUT2D eigenvalue weighted by Crippen LogP contribution is -2.29. The van der Waals surface area contributed by atoms with Gasteiger partial charge in [0.2, 0.25) is 0 Å². The Hall–Kier alpha value is -1.62. The van der Waals surface area contributed by atoms with Crippen LogP contribution >= 0.6 is 0 Å². The van der Waals surface area contributed by atoms with E-state index in [0.29, 0.717) is 12.0 Å². The summed E-state index contributed by atoms with van der Waals surface area (Å²) >= 11 is 0. The van der Waals surface area contributed by atoms with Crippen molar-refractivity contribution in [3.63, 3.8) is 0 Å². The van der Waals surface area contributed by atoms with Crippen molar-refractivity contribution in [2.75, 3.05) is 11.9 Å². The molecule has 0 saturated heterocycles. The summed E-state index contributed by atoms with van der Waals surface area (Å²) in [4.78, 5) is 4.52. The van der Waals surface area contributed by atoms with Crippen molar-refractivity contribution in [2.24, 2.45) is 11.7 Å². The van der Waals surface area contributed by atoms with E-state index >= 15 is 0 Å². The predicted molar refractivity (Wildman–Crippen MR) is 85.5 cm³/mol. The molecule has 2 atom stereocenters. The number of anilines is 1. The van der Waals surface area contributed by atoms with Crippen molar-refractivity contribution in [3.8, 4) is 0 Å². The van der Waals surface area contributed by atoms with Gasteiger partial charge < -0.3 is 11.1 Å². The number of nitrogens with one attached hydrogen (secondary N) is 1. The molecule has 1 fully saturated rings. The van der Waals surface area contributed by atoms with E-state index < -0.39 is 0 Å². The van der Waals surface area contributed by atoms with Crippen LogP contribution in [0.5, 0.6) is 0 Å². The second-order valence-corrected chi connectivity index (χ2v) is 7.06. The standard InChI is InChI=1S/C16H25N5/c1-16(2,3)14-9-13-15(18-7-8-21(13)20-14)19-12-6-4-5-11(12)10-17/h7-9,11-12H,4-6,10,17H2,1-3H3,(H,18,19). The molecule has 21 heavy (non-hydrogen) atoms. The fourth-order valence-electron chi connectivity index (χ4n) is 3.08. The summed E-state index contributed by atoms with van der Waals surface area (Å²) in [7, 11) is 0. The van der Waals surface area contributed by atoms with Gasteiger partial charge in [-0.3, -0.25) is 0 Å². The van der Waals surface area contributed by atoms with Crippen LogP contribution in [0.1, 0.15) is 45.7 Å². The van der Waals surface area contributed by atoms with Crippen LogP contribution in [0.2, 0.25) is 0 Å². The zero-order valence-corrected chi connectivity index (χ0v) is 13.1. The van der Waals surface area contributed by atoms with E-state index in [1.807, 2.05) is 10.7 Å². The molecule has 2 aromatic rings. The molecule has 1 aliphatic rings. The molecule has 5 nitrogen and oxygen atoms in total. The maximum Gasteiger partial charge on any atom is 0.152 e. The van der Waals surface area contributed by atoms with Gasteiger partial charge >= 0.3 is 0 Å². The molecule has 2 unspecified atom stereocenters. The third kappa shape index (κ3) is 2.75. The van der Waals surface area contributed by atoms with Gasteiger partial charge in [0.1, 0.15) is 5.52 Å². The highest BCUT2D eigenvalue weighted by Crippen LogP contribution is 2.29. The minimum absolute atomic E-state index is 0.0381. The molecular weight excluding hydrogens is 262 g/mol. The Balaban J connectivity index is 1.93. The Morgan fingerprint density at radius 2 is 2.19 bits per heavy atom. The van der Waals surface area contributed by atoms with Crippen molar-refractivity contribution in [2.45, 2.75) is 51.5 Å². The third-order valence-corrected chi connectivity index (χ3v) is 4.44. The van der Waals surface area contributed by atoms with Crippen LogP contribution in [-0.2, 0) is 5.41 Å². The fourth-order valence-corrected chi connectivity index (χ4v) is 3.08. The van der Waals surface area contributed by atoms with Crippen LogP contribution in [0.15, 0.2) is 18.5 Å². The molecule has 3 N–H and O–H groups in total. The average Bonchev–Trinajstić information content (AvgIpc) is 3.04. The molecule has 1 aliphatic carbocycles. The zero-order chi connectivity index (χ0) is 15.0. The van der Waals surface area contributed by atoms with Gasteiger partial charge in [-0.15, -0.1) is 0 Å². The highest BCUT2D eigenvalue weighted by molar-refractivity contribution is 5.68. The van der Waals surface area contributed by atoms with Crippen molar-refractivity contribution in [1.82, 2.24) is 14.6 Å². The smallest absolute Gasteiger partial charge is 0.152 e. The predicted octanol–water partition coefficient (Wildman–Crippen LogP) is 2.57. The van der Waals surface area contributed by atoms with Crippen molar-refractivity contribution < 1.29 is 0 Å². The number of fused-ring (bicyclic) bond motifs is 1. The molecule has 0 aliphatic heterocycles. The minimum Gasteiger partial charge on any atom is -0.365 e. The van der Waals surface area contributed by atoms with Crippen molar-refractivity contribution in [3.05, 3.63) is 24.2 Å². The first kappa shape index (κ1) is 14.3. The maximum absolute atomic E-state index is 5.87. The van der Waals surface area contributed by atoms with Gasteiger partial charge in [0, 0.05) is 23.9 Å². The van der Waals surface area contributed by atoms with Crippen LogP contribution in [0.3, 0.4) is 0 Å². The van der Waals surface area contributed by atoms with E-state index in [0.717, 1.165) is 23.6 Å². The van der Waals surface area contributed by atoms with E-state index in [9.17, 15) is 0 Å². The number of rotatable bonds is 3. The van der Waals surface area contributed by atoms with E-state index in [1.54, 1.807) is 6.20 Å². The Morgan fingerprint density at radius 1 is 1.38 bits per heavy atom. The molecule has 2 aromatic heterocycles. The van der Waals surface area contributed by atoms with Gasteiger partial charge in [0.25, 0.3) is 0 Å².